The van der Waals surface area contributed by atoms with Crippen LogP contribution >= 0.6 is 11.6 Å². The fourth-order valence-corrected chi connectivity index (χ4v) is 5.24. The highest BCUT2D eigenvalue weighted by Crippen LogP contribution is 2.43. The van der Waals surface area contributed by atoms with E-state index in [1.807, 2.05) is 84.4 Å². The summed E-state index contributed by atoms with van der Waals surface area (Å²) in [5.74, 6) is -0.997. The standard InChI is InChI=1S/C30H32ClN3O4/c1-20-19-28(34(21(2)35)25-16-12-23(31)13-17-25)26-7-4-5-8-27(26)33(20)30(38)22-10-14-24(15-11-22)32(3)18-6-9-29(36)37/h4-5,7-8,10-17,20,28H,6,9,18-19H2,1-3H3,(H,36,37)/t20-,28+/m0/s1. The fourth-order valence-electron chi connectivity index (χ4n) is 5.11. The molecule has 3 aromatic carbocycles. The molecule has 1 aliphatic rings. The Morgan fingerprint density at radius 2 is 1.61 bits per heavy atom. The summed E-state index contributed by atoms with van der Waals surface area (Å²) in [6, 6.07) is 22.0. The number of aliphatic carboxylic acids is 1. The molecule has 198 valence electrons. The lowest BCUT2D eigenvalue weighted by Crippen LogP contribution is -2.47. The minimum atomic E-state index is -0.808. The summed E-state index contributed by atoms with van der Waals surface area (Å²) in [5, 5.41) is 9.47. The molecule has 8 heteroatoms. The highest BCUT2D eigenvalue weighted by molar-refractivity contribution is 6.30. The average Bonchev–Trinajstić information content (AvgIpc) is 2.89. The second kappa shape index (κ2) is 11.7. The van der Waals surface area contributed by atoms with Crippen molar-refractivity contribution in [2.24, 2.45) is 0 Å². The Balaban J connectivity index is 1.60. The number of halogens is 1. The second-order valence-electron chi connectivity index (χ2n) is 9.67. The van der Waals surface area contributed by atoms with Gasteiger partial charge in [0.05, 0.1) is 6.04 Å². The van der Waals surface area contributed by atoms with Gasteiger partial charge in [0.25, 0.3) is 5.91 Å². The molecule has 1 N–H and O–H groups in total. The van der Waals surface area contributed by atoms with Crippen LogP contribution < -0.4 is 14.7 Å². The molecule has 0 saturated carbocycles. The van der Waals surface area contributed by atoms with Crippen LogP contribution in [0, 0.1) is 0 Å². The molecular weight excluding hydrogens is 502 g/mol. The first-order valence-corrected chi connectivity index (χ1v) is 13.1. The summed E-state index contributed by atoms with van der Waals surface area (Å²) in [5.41, 5.74) is 3.94. The first kappa shape index (κ1) is 27.2. The molecule has 0 fully saturated rings. The molecule has 0 spiro atoms. The van der Waals surface area contributed by atoms with E-state index in [0.717, 1.165) is 22.6 Å². The minimum Gasteiger partial charge on any atom is -0.481 e. The second-order valence-corrected chi connectivity index (χ2v) is 10.1. The third-order valence-electron chi connectivity index (χ3n) is 6.97. The summed E-state index contributed by atoms with van der Waals surface area (Å²) in [6.07, 6.45) is 1.24. The van der Waals surface area contributed by atoms with Crippen molar-refractivity contribution in [1.29, 1.82) is 0 Å². The SMILES string of the molecule is CC(=O)N(c1ccc(Cl)cc1)[C@@H]1C[C@H](C)N(C(=O)c2ccc(N(C)CCCC(=O)O)cc2)c2ccccc21. The molecule has 0 saturated heterocycles. The van der Waals surface area contributed by atoms with Crippen molar-refractivity contribution in [2.75, 3.05) is 28.3 Å². The van der Waals surface area contributed by atoms with E-state index in [4.69, 9.17) is 16.7 Å². The number of carbonyl (C=O) groups is 3. The van der Waals surface area contributed by atoms with Crippen LogP contribution in [0.2, 0.25) is 5.02 Å². The molecule has 3 aromatic rings. The number of fused-ring (bicyclic) bond motifs is 1. The molecule has 0 radical (unpaired) electrons. The third kappa shape index (κ3) is 5.83. The molecule has 1 aliphatic heterocycles. The van der Waals surface area contributed by atoms with Crippen molar-refractivity contribution < 1.29 is 19.5 Å². The molecule has 2 atom stereocenters. The van der Waals surface area contributed by atoms with Gasteiger partial charge in [0.1, 0.15) is 0 Å². The Kier molecular flexibility index (Phi) is 8.37. The molecule has 0 aromatic heterocycles. The van der Waals surface area contributed by atoms with Gasteiger partial charge in [-0.1, -0.05) is 29.8 Å². The van der Waals surface area contributed by atoms with Crippen LogP contribution in [0.25, 0.3) is 0 Å². The molecule has 38 heavy (non-hydrogen) atoms. The quantitative estimate of drug-likeness (QED) is 0.374. The van der Waals surface area contributed by atoms with Crippen LogP contribution in [0.1, 0.15) is 55.1 Å². The van der Waals surface area contributed by atoms with Crippen LogP contribution in [0.5, 0.6) is 0 Å². The number of anilines is 3. The molecule has 1 heterocycles. The number of carboxylic acids is 1. The van der Waals surface area contributed by atoms with Crippen molar-refractivity contribution in [3.8, 4) is 0 Å². The van der Waals surface area contributed by atoms with Crippen molar-refractivity contribution in [3.05, 3.63) is 88.9 Å². The fraction of sp³-hybridized carbons (Fsp3) is 0.300. The maximum absolute atomic E-state index is 13.8. The largest absolute Gasteiger partial charge is 0.481 e. The van der Waals surface area contributed by atoms with E-state index in [1.54, 1.807) is 24.0 Å². The number of amides is 2. The molecule has 0 unspecified atom stereocenters. The Bertz CT molecular complexity index is 1310. The number of benzene rings is 3. The van der Waals surface area contributed by atoms with E-state index in [2.05, 4.69) is 0 Å². The maximum atomic E-state index is 13.8. The van der Waals surface area contributed by atoms with Gasteiger partial charge in [0.2, 0.25) is 5.91 Å². The molecule has 2 amide bonds. The summed E-state index contributed by atoms with van der Waals surface area (Å²) < 4.78 is 0. The van der Waals surface area contributed by atoms with Crippen LogP contribution in [-0.4, -0.2) is 42.5 Å². The van der Waals surface area contributed by atoms with Crippen molar-refractivity contribution in [3.63, 3.8) is 0 Å². The van der Waals surface area contributed by atoms with Gasteiger partial charge in [0, 0.05) is 60.6 Å². The lowest BCUT2D eigenvalue weighted by molar-refractivity contribution is -0.137. The monoisotopic (exact) mass is 533 g/mol. The Morgan fingerprint density at radius 3 is 2.24 bits per heavy atom. The van der Waals surface area contributed by atoms with E-state index in [1.165, 1.54) is 0 Å². The highest BCUT2D eigenvalue weighted by atomic mass is 35.5. The Morgan fingerprint density at radius 1 is 0.974 bits per heavy atom. The molecule has 0 bridgehead atoms. The smallest absolute Gasteiger partial charge is 0.303 e. The van der Waals surface area contributed by atoms with E-state index >= 15 is 0 Å². The zero-order chi connectivity index (χ0) is 27.4. The summed E-state index contributed by atoms with van der Waals surface area (Å²) in [6.45, 7) is 4.17. The Labute approximate surface area is 228 Å². The lowest BCUT2D eigenvalue weighted by atomic mass is 9.89. The number of para-hydroxylation sites is 1. The van der Waals surface area contributed by atoms with Gasteiger partial charge in [-0.05, 0) is 79.9 Å². The van der Waals surface area contributed by atoms with Gasteiger partial charge in [0.15, 0.2) is 0 Å². The predicted molar refractivity (Wildman–Crippen MR) is 151 cm³/mol. The number of carboxylic acid groups (broad SMARTS) is 1. The van der Waals surface area contributed by atoms with E-state index in [9.17, 15) is 14.4 Å². The van der Waals surface area contributed by atoms with Gasteiger partial charge in [-0.25, -0.2) is 0 Å². The lowest BCUT2D eigenvalue weighted by Gasteiger charge is -2.43. The van der Waals surface area contributed by atoms with Crippen LogP contribution in [0.4, 0.5) is 17.1 Å². The van der Waals surface area contributed by atoms with E-state index < -0.39 is 5.97 Å². The van der Waals surface area contributed by atoms with Gasteiger partial charge < -0.3 is 19.8 Å². The van der Waals surface area contributed by atoms with E-state index in [0.29, 0.717) is 30.0 Å². The molecule has 4 rings (SSSR count). The topological polar surface area (TPSA) is 81.2 Å². The zero-order valence-corrected chi connectivity index (χ0v) is 22.6. The maximum Gasteiger partial charge on any atom is 0.303 e. The van der Waals surface area contributed by atoms with Crippen molar-refractivity contribution in [1.82, 2.24) is 0 Å². The van der Waals surface area contributed by atoms with Crippen molar-refractivity contribution in [2.45, 2.75) is 45.2 Å². The summed E-state index contributed by atoms with van der Waals surface area (Å²) in [7, 11) is 1.91. The van der Waals surface area contributed by atoms with Gasteiger partial charge in [-0.15, -0.1) is 0 Å². The predicted octanol–water partition coefficient (Wildman–Crippen LogP) is 6.17. The van der Waals surface area contributed by atoms with E-state index in [-0.39, 0.29) is 30.3 Å². The molecular formula is C30H32ClN3O4. The number of nitrogens with zero attached hydrogens (tertiary/aromatic N) is 3. The first-order valence-electron chi connectivity index (χ1n) is 12.7. The zero-order valence-electron chi connectivity index (χ0n) is 21.8. The normalized spacial score (nSPS) is 16.5. The minimum absolute atomic E-state index is 0.0813. The van der Waals surface area contributed by atoms with Gasteiger partial charge >= 0.3 is 5.97 Å². The van der Waals surface area contributed by atoms with Crippen LogP contribution in [0.15, 0.2) is 72.8 Å². The number of hydrogen-bond donors (Lipinski definition) is 1. The number of carbonyl (C=O) groups excluding carboxylic acids is 2. The average molecular weight is 534 g/mol. The summed E-state index contributed by atoms with van der Waals surface area (Å²) >= 11 is 6.09. The highest BCUT2D eigenvalue weighted by Gasteiger charge is 2.38. The van der Waals surface area contributed by atoms with Gasteiger partial charge in [-0.2, -0.15) is 0 Å². The third-order valence-corrected chi connectivity index (χ3v) is 7.23. The van der Waals surface area contributed by atoms with Crippen LogP contribution in [0.3, 0.4) is 0 Å². The van der Waals surface area contributed by atoms with Gasteiger partial charge in [-0.3, -0.25) is 14.4 Å². The Hall–Kier alpha value is -3.84. The number of rotatable bonds is 8. The molecule has 0 aliphatic carbocycles. The van der Waals surface area contributed by atoms with Crippen LogP contribution in [-0.2, 0) is 9.59 Å². The molecule has 7 nitrogen and oxygen atoms in total. The summed E-state index contributed by atoms with van der Waals surface area (Å²) in [4.78, 5) is 43.0. The first-order chi connectivity index (χ1) is 18.2. The van der Waals surface area contributed by atoms with Crippen molar-refractivity contribution >= 4 is 46.4 Å². The number of hydrogen-bond acceptors (Lipinski definition) is 4.